The first-order chi connectivity index (χ1) is 51.7. The van der Waals surface area contributed by atoms with Crippen molar-refractivity contribution >= 4 is 39.5 Å². The van der Waals surface area contributed by atoms with Crippen molar-refractivity contribution in [2.75, 3.05) is 39.6 Å². The van der Waals surface area contributed by atoms with Gasteiger partial charge in [-0.3, -0.25) is 37.3 Å². The van der Waals surface area contributed by atoms with Crippen molar-refractivity contribution in [3.63, 3.8) is 0 Å². The molecule has 3 N–H and O–H groups in total. The molecular weight excluding hydrogens is 1380 g/mol. The van der Waals surface area contributed by atoms with Crippen LogP contribution >= 0.6 is 15.6 Å². The normalized spacial score (nSPS) is 14.7. The first kappa shape index (κ1) is 100. The van der Waals surface area contributed by atoms with E-state index in [2.05, 4.69) is 161 Å². The number of aliphatic hydroxyl groups excluding tert-OH is 1. The van der Waals surface area contributed by atoms with Crippen LogP contribution < -0.4 is 0 Å². The lowest BCUT2D eigenvalue weighted by molar-refractivity contribution is -0.161. The lowest BCUT2D eigenvalue weighted by Crippen LogP contribution is -2.30. The number of carbonyl (C=O) groups is 4. The van der Waals surface area contributed by atoms with Crippen LogP contribution in [0.15, 0.2) is 170 Å². The van der Waals surface area contributed by atoms with Gasteiger partial charge in [-0.1, -0.05) is 307 Å². The minimum atomic E-state index is -5.02. The van der Waals surface area contributed by atoms with Crippen LogP contribution in [0.5, 0.6) is 0 Å². The number of esters is 4. The van der Waals surface area contributed by atoms with Gasteiger partial charge < -0.3 is 33.8 Å². The van der Waals surface area contributed by atoms with Gasteiger partial charge in [0.2, 0.25) is 0 Å². The van der Waals surface area contributed by atoms with E-state index in [-0.39, 0.29) is 25.7 Å². The summed E-state index contributed by atoms with van der Waals surface area (Å²) in [5.74, 6) is -2.39. The summed E-state index contributed by atoms with van der Waals surface area (Å²) in [4.78, 5) is 73.0. The molecule has 5 unspecified atom stereocenters. The molecule has 106 heavy (non-hydrogen) atoms. The van der Waals surface area contributed by atoms with Gasteiger partial charge in [0.1, 0.15) is 19.3 Å². The molecule has 17 nitrogen and oxygen atoms in total. The monoisotopic (exact) mass is 1520 g/mol. The summed E-state index contributed by atoms with van der Waals surface area (Å²) >= 11 is 0. The molecule has 0 amide bonds. The van der Waals surface area contributed by atoms with Gasteiger partial charge in [-0.05, 0) is 135 Å². The Balaban J connectivity index is 5.52. The van der Waals surface area contributed by atoms with Crippen molar-refractivity contribution in [1.29, 1.82) is 0 Å². The highest BCUT2D eigenvalue weighted by atomic mass is 31.2. The molecule has 0 spiro atoms. The highest BCUT2D eigenvalue weighted by Crippen LogP contribution is 2.45. The van der Waals surface area contributed by atoms with E-state index in [4.69, 9.17) is 37.0 Å². The zero-order valence-electron chi connectivity index (χ0n) is 65.8. The molecule has 0 radical (unpaired) electrons. The van der Waals surface area contributed by atoms with E-state index in [1.807, 2.05) is 36.5 Å². The molecule has 5 atom stereocenters. The first-order valence-corrected chi connectivity index (χ1v) is 43.4. The number of allylic oxidation sites excluding steroid dienone is 28. The highest BCUT2D eigenvalue weighted by molar-refractivity contribution is 7.47. The molecule has 602 valence electrons. The Kier molecular flexibility index (Phi) is 73.5. The Morgan fingerprint density at radius 1 is 0.274 bits per heavy atom. The van der Waals surface area contributed by atoms with Gasteiger partial charge in [0, 0.05) is 25.7 Å². The third kappa shape index (κ3) is 76.6. The Morgan fingerprint density at radius 3 is 0.849 bits per heavy atom. The predicted molar refractivity (Wildman–Crippen MR) is 436 cm³/mol. The van der Waals surface area contributed by atoms with Crippen molar-refractivity contribution in [2.45, 2.75) is 316 Å². The number of aliphatic hydroxyl groups is 1. The third-order valence-electron chi connectivity index (χ3n) is 16.2. The van der Waals surface area contributed by atoms with Crippen LogP contribution in [-0.4, -0.2) is 96.7 Å². The van der Waals surface area contributed by atoms with Gasteiger partial charge in [0.05, 0.1) is 26.4 Å². The average Bonchev–Trinajstić information content (AvgIpc) is 0.903. The molecule has 0 aliphatic carbocycles. The highest BCUT2D eigenvalue weighted by Gasteiger charge is 2.30. The molecule has 0 rings (SSSR count). The quantitative estimate of drug-likeness (QED) is 0.0169. The number of hydrogen-bond donors (Lipinski definition) is 3. The summed E-state index contributed by atoms with van der Waals surface area (Å²) < 4.78 is 68.4. The van der Waals surface area contributed by atoms with Crippen molar-refractivity contribution in [3.05, 3.63) is 170 Å². The fraction of sp³-hybridized carbons (Fsp3) is 0.632. The molecule has 0 aromatic carbocycles. The molecule has 0 fully saturated rings. The maximum Gasteiger partial charge on any atom is 0.472 e. The van der Waals surface area contributed by atoms with Gasteiger partial charge in [-0.25, -0.2) is 9.13 Å². The van der Waals surface area contributed by atoms with Crippen LogP contribution in [0.1, 0.15) is 297 Å². The van der Waals surface area contributed by atoms with Crippen LogP contribution in [0.25, 0.3) is 0 Å². The zero-order valence-corrected chi connectivity index (χ0v) is 67.6. The molecular formula is C87H142O17P2. The van der Waals surface area contributed by atoms with E-state index in [0.29, 0.717) is 38.5 Å². The van der Waals surface area contributed by atoms with Gasteiger partial charge in [-0.15, -0.1) is 0 Å². The summed E-state index contributed by atoms with van der Waals surface area (Å²) in [6.07, 6.45) is 92.2. The Labute approximate surface area is 642 Å². The van der Waals surface area contributed by atoms with E-state index in [9.17, 15) is 43.2 Å². The van der Waals surface area contributed by atoms with E-state index in [0.717, 1.165) is 135 Å². The molecule has 19 heteroatoms. The third-order valence-corrected chi connectivity index (χ3v) is 18.1. The second-order valence-corrected chi connectivity index (χ2v) is 29.2. The van der Waals surface area contributed by atoms with Gasteiger partial charge >= 0.3 is 39.5 Å². The van der Waals surface area contributed by atoms with Crippen LogP contribution in [0, 0.1) is 0 Å². The number of phosphoric ester groups is 2. The van der Waals surface area contributed by atoms with Crippen LogP contribution in [0.2, 0.25) is 0 Å². The van der Waals surface area contributed by atoms with E-state index >= 15 is 0 Å². The fourth-order valence-electron chi connectivity index (χ4n) is 10.1. The van der Waals surface area contributed by atoms with Crippen molar-refractivity contribution in [3.8, 4) is 0 Å². The first-order valence-electron chi connectivity index (χ1n) is 40.4. The van der Waals surface area contributed by atoms with Crippen LogP contribution in [0.3, 0.4) is 0 Å². The molecule has 0 aromatic heterocycles. The zero-order chi connectivity index (χ0) is 77.4. The maximum absolute atomic E-state index is 13.1. The minimum absolute atomic E-state index is 0.0140. The number of rotatable bonds is 74. The number of carbonyl (C=O) groups excluding carboxylic acids is 4. The molecule has 0 aliphatic heterocycles. The average molecular weight is 1520 g/mol. The number of unbranched alkanes of at least 4 members (excludes halogenated alkanes) is 20. The SMILES string of the molecule is CC/C=C\C/C=C\C/C=C\C/C=C\C/C=C\C/C=C\CCC(=O)OCC(COP(=O)(O)OCC(O)COP(=O)(O)OCC(COC(=O)CCCCCCC/C=C\C/C=C\CCCCC)OC(=O)CCCCCCCCCCCCCCC)OC(=O)CC/C=C\C/C=C\C/C=C\C/C=C\C/C=C\C/C=C\CC. The second kappa shape index (κ2) is 77.6. The molecule has 0 heterocycles. The standard InChI is InChI=1S/C87H142O17P2/c1-5-9-13-17-21-25-29-33-36-38-40-42-45-49-52-56-60-64-68-72-85(90)98-78-83(104-87(92)74-70-66-62-58-54-50-46-43-41-39-37-34-30-26-22-18-14-10-6-2)80-102-106(95,96)100-76-81(88)75-99-105(93,94)101-79-82(103-86(91)73-69-65-61-57-53-47-32-28-24-20-16-12-8-4)77-97-84(89)71-67-63-59-55-51-48-44-35-31-27-23-19-15-11-7-3/h9-10,13-14,21-23,25-27,33-37,40-44,49-50,52,54,60,62,64,66,81-83,88H,5-8,11-12,15-20,24,28-32,38-39,45-48,51,53,55-59,61,63,65,67-80H2,1-4H3,(H,93,94)(H,95,96)/b13-9-,14-10-,25-21-,26-22-,27-23-,36-33-,37-34-,42-40-,43-41-,44-35-,52-49-,54-50-,64-60-,66-62-. The van der Waals surface area contributed by atoms with E-state index in [1.54, 1.807) is 0 Å². The molecule has 0 saturated heterocycles. The molecule has 0 saturated carbocycles. The summed E-state index contributed by atoms with van der Waals surface area (Å²) in [5, 5.41) is 10.6. The maximum atomic E-state index is 13.1. The number of phosphoric acid groups is 2. The Bertz CT molecular complexity index is 2680. The van der Waals surface area contributed by atoms with Crippen molar-refractivity contribution < 1.29 is 80.2 Å². The van der Waals surface area contributed by atoms with E-state index < -0.39 is 97.5 Å². The summed E-state index contributed by atoms with van der Waals surface area (Å²) in [6, 6.07) is 0. The van der Waals surface area contributed by atoms with Gasteiger partial charge in [0.15, 0.2) is 12.2 Å². The number of ether oxygens (including phenoxy) is 4. The minimum Gasteiger partial charge on any atom is -0.462 e. The largest absolute Gasteiger partial charge is 0.472 e. The van der Waals surface area contributed by atoms with Crippen molar-refractivity contribution in [1.82, 2.24) is 0 Å². The van der Waals surface area contributed by atoms with Crippen molar-refractivity contribution in [2.24, 2.45) is 0 Å². The lowest BCUT2D eigenvalue weighted by Gasteiger charge is -2.21. The Hall–Kier alpha value is -5.58. The topological polar surface area (TPSA) is 237 Å². The van der Waals surface area contributed by atoms with Gasteiger partial charge in [-0.2, -0.15) is 0 Å². The summed E-state index contributed by atoms with van der Waals surface area (Å²) in [7, 11) is -10.0. The predicted octanol–water partition coefficient (Wildman–Crippen LogP) is 23.8. The number of hydrogen-bond acceptors (Lipinski definition) is 15. The van der Waals surface area contributed by atoms with Crippen LogP contribution in [-0.2, 0) is 65.4 Å². The van der Waals surface area contributed by atoms with Gasteiger partial charge in [0.25, 0.3) is 0 Å². The molecule has 0 aliphatic rings. The molecule has 0 bridgehead atoms. The van der Waals surface area contributed by atoms with E-state index in [1.165, 1.54) is 70.6 Å². The smallest absolute Gasteiger partial charge is 0.462 e. The fourth-order valence-corrected chi connectivity index (χ4v) is 11.7. The Morgan fingerprint density at radius 2 is 0.509 bits per heavy atom. The lowest BCUT2D eigenvalue weighted by atomic mass is 10.0. The summed E-state index contributed by atoms with van der Waals surface area (Å²) in [6.45, 7) is 4.43. The van der Waals surface area contributed by atoms with Crippen LogP contribution in [0.4, 0.5) is 0 Å². The summed E-state index contributed by atoms with van der Waals surface area (Å²) in [5.41, 5.74) is 0. The second-order valence-electron chi connectivity index (χ2n) is 26.2. The molecule has 0 aromatic rings.